The molecule has 1 aromatic carbocycles. The number of nitrogens with zero attached hydrogens (tertiary/aromatic N) is 2. The second kappa shape index (κ2) is 5.39. The standard InChI is InChI=1S/C16H22N2O3/c1-11(14(19)21-16(2,3)4)18-13-9-7-6-8-12(13)10-17(5)15(18)20/h6-9,11H,10H2,1-5H3. The number of hydrogen-bond acceptors (Lipinski definition) is 3. The molecule has 5 nitrogen and oxygen atoms in total. The van der Waals surface area contributed by atoms with Crippen molar-refractivity contribution in [3.05, 3.63) is 29.8 Å². The number of para-hydroxylation sites is 1. The van der Waals surface area contributed by atoms with Crippen molar-refractivity contribution in [3.8, 4) is 0 Å². The molecule has 0 aromatic heterocycles. The molecule has 1 heterocycles. The van der Waals surface area contributed by atoms with E-state index in [9.17, 15) is 9.59 Å². The molecule has 2 amide bonds. The molecule has 2 rings (SSSR count). The van der Waals surface area contributed by atoms with Gasteiger partial charge in [-0.25, -0.2) is 9.59 Å². The SMILES string of the molecule is CC(C(=O)OC(C)(C)C)N1C(=O)N(C)Cc2ccccc21. The maximum atomic E-state index is 12.4. The normalized spacial score (nSPS) is 16.5. The van der Waals surface area contributed by atoms with Gasteiger partial charge in [-0.3, -0.25) is 4.90 Å². The number of rotatable bonds is 2. The zero-order chi connectivity index (χ0) is 15.8. The Kier molecular flexibility index (Phi) is 3.94. The van der Waals surface area contributed by atoms with Crippen LogP contribution in [0.15, 0.2) is 24.3 Å². The molecule has 1 unspecified atom stereocenters. The molecule has 0 spiro atoms. The Labute approximate surface area is 125 Å². The molecular formula is C16H22N2O3. The summed E-state index contributed by atoms with van der Waals surface area (Å²) in [6.45, 7) is 7.69. The molecule has 0 aliphatic carbocycles. The Bertz CT molecular complexity index is 563. The van der Waals surface area contributed by atoms with Crippen molar-refractivity contribution in [2.45, 2.75) is 45.9 Å². The number of amides is 2. The Balaban J connectivity index is 2.33. The summed E-state index contributed by atoms with van der Waals surface area (Å²) in [5.74, 6) is -0.402. The van der Waals surface area contributed by atoms with Crippen molar-refractivity contribution >= 4 is 17.7 Å². The average molecular weight is 290 g/mol. The predicted octanol–water partition coefficient (Wildman–Crippen LogP) is 2.79. The van der Waals surface area contributed by atoms with Crippen LogP contribution in [0.3, 0.4) is 0 Å². The highest BCUT2D eigenvalue weighted by molar-refractivity contribution is 6.00. The van der Waals surface area contributed by atoms with Crippen LogP contribution >= 0.6 is 0 Å². The highest BCUT2D eigenvalue weighted by atomic mass is 16.6. The van der Waals surface area contributed by atoms with Crippen molar-refractivity contribution in [1.29, 1.82) is 0 Å². The molecule has 1 aliphatic heterocycles. The first-order valence-electron chi connectivity index (χ1n) is 7.06. The zero-order valence-corrected chi connectivity index (χ0v) is 13.2. The molecule has 0 N–H and O–H groups in total. The van der Waals surface area contributed by atoms with E-state index in [0.29, 0.717) is 6.54 Å². The van der Waals surface area contributed by atoms with Gasteiger partial charge < -0.3 is 9.64 Å². The Morgan fingerprint density at radius 3 is 2.52 bits per heavy atom. The number of esters is 1. The van der Waals surface area contributed by atoms with E-state index >= 15 is 0 Å². The number of fused-ring (bicyclic) bond motifs is 1. The van der Waals surface area contributed by atoms with Gasteiger partial charge >= 0.3 is 12.0 Å². The smallest absolute Gasteiger partial charge is 0.329 e. The van der Waals surface area contributed by atoms with Gasteiger partial charge in [0.15, 0.2) is 0 Å². The van der Waals surface area contributed by atoms with Gasteiger partial charge in [0, 0.05) is 13.6 Å². The van der Waals surface area contributed by atoms with Gasteiger partial charge in [0.05, 0.1) is 5.69 Å². The molecular weight excluding hydrogens is 268 g/mol. The number of carbonyl (C=O) groups excluding carboxylic acids is 2. The third-order valence-electron chi connectivity index (χ3n) is 3.33. The van der Waals surface area contributed by atoms with Gasteiger partial charge in [0.25, 0.3) is 0 Å². The first-order chi connectivity index (χ1) is 9.70. The lowest BCUT2D eigenvalue weighted by atomic mass is 10.1. The number of urea groups is 1. The fraction of sp³-hybridized carbons (Fsp3) is 0.500. The first-order valence-corrected chi connectivity index (χ1v) is 7.06. The molecule has 114 valence electrons. The first kappa shape index (κ1) is 15.4. The number of ether oxygens (including phenoxy) is 1. The summed E-state index contributed by atoms with van der Waals surface area (Å²) >= 11 is 0. The number of hydrogen-bond donors (Lipinski definition) is 0. The van der Waals surface area contributed by atoms with Crippen molar-refractivity contribution in [2.75, 3.05) is 11.9 Å². The van der Waals surface area contributed by atoms with E-state index in [1.165, 1.54) is 4.90 Å². The van der Waals surface area contributed by atoms with Gasteiger partial charge in [-0.05, 0) is 39.3 Å². The molecule has 0 fully saturated rings. The van der Waals surface area contributed by atoms with Crippen LogP contribution in [0.25, 0.3) is 0 Å². The maximum absolute atomic E-state index is 12.4. The molecule has 0 bridgehead atoms. The van der Waals surface area contributed by atoms with Crippen LogP contribution in [0, 0.1) is 0 Å². The van der Waals surface area contributed by atoms with E-state index in [0.717, 1.165) is 11.3 Å². The molecule has 0 radical (unpaired) electrons. The third-order valence-corrected chi connectivity index (χ3v) is 3.33. The van der Waals surface area contributed by atoms with Crippen LogP contribution in [0.5, 0.6) is 0 Å². The molecule has 0 saturated carbocycles. The van der Waals surface area contributed by atoms with Crippen molar-refractivity contribution < 1.29 is 14.3 Å². The van der Waals surface area contributed by atoms with E-state index in [2.05, 4.69) is 0 Å². The topological polar surface area (TPSA) is 49.9 Å². The van der Waals surface area contributed by atoms with Gasteiger partial charge in [-0.1, -0.05) is 18.2 Å². The summed E-state index contributed by atoms with van der Waals surface area (Å²) in [7, 11) is 1.73. The van der Waals surface area contributed by atoms with E-state index in [4.69, 9.17) is 4.74 Å². The van der Waals surface area contributed by atoms with Crippen LogP contribution in [0.4, 0.5) is 10.5 Å². The summed E-state index contributed by atoms with van der Waals surface area (Å²) in [5.41, 5.74) is 1.23. The Morgan fingerprint density at radius 2 is 1.90 bits per heavy atom. The average Bonchev–Trinajstić information content (AvgIpc) is 2.37. The molecule has 1 atom stereocenters. The molecule has 1 aromatic rings. The maximum Gasteiger partial charge on any atom is 0.329 e. The van der Waals surface area contributed by atoms with Crippen LogP contribution in [-0.4, -0.2) is 35.6 Å². The lowest BCUT2D eigenvalue weighted by Gasteiger charge is -2.38. The largest absolute Gasteiger partial charge is 0.458 e. The van der Waals surface area contributed by atoms with E-state index in [1.807, 2.05) is 45.0 Å². The minimum absolute atomic E-state index is 0.188. The van der Waals surface area contributed by atoms with Gasteiger partial charge in [0.1, 0.15) is 11.6 Å². The highest BCUT2D eigenvalue weighted by Gasteiger charge is 2.36. The van der Waals surface area contributed by atoms with Crippen LogP contribution < -0.4 is 4.90 Å². The minimum atomic E-state index is -0.666. The lowest BCUT2D eigenvalue weighted by Crippen LogP contribution is -2.53. The van der Waals surface area contributed by atoms with Crippen LogP contribution in [-0.2, 0) is 16.1 Å². The molecule has 0 saturated heterocycles. The van der Waals surface area contributed by atoms with Crippen molar-refractivity contribution in [2.24, 2.45) is 0 Å². The summed E-state index contributed by atoms with van der Waals surface area (Å²) in [6, 6.07) is 6.77. The summed E-state index contributed by atoms with van der Waals surface area (Å²) < 4.78 is 5.40. The fourth-order valence-electron chi connectivity index (χ4n) is 2.36. The van der Waals surface area contributed by atoms with Crippen LogP contribution in [0.2, 0.25) is 0 Å². The van der Waals surface area contributed by atoms with E-state index < -0.39 is 17.6 Å². The summed E-state index contributed by atoms with van der Waals surface area (Å²) in [4.78, 5) is 27.8. The fourth-order valence-corrected chi connectivity index (χ4v) is 2.36. The van der Waals surface area contributed by atoms with Crippen molar-refractivity contribution in [1.82, 2.24) is 4.90 Å². The second-order valence-electron chi connectivity index (χ2n) is 6.35. The molecule has 1 aliphatic rings. The zero-order valence-electron chi connectivity index (χ0n) is 13.2. The second-order valence-corrected chi connectivity index (χ2v) is 6.35. The minimum Gasteiger partial charge on any atom is -0.458 e. The quantitative estimate of drug-likeness (QED) is 0.787. The van der Waals surface area contributed by atoms with Crippen LogP contribution in [0.1, 0.15) is 33.3 Å². The third kappa shape index (κ3) is 3.17. The molecule has 5 heteroatoms. The van der Waals surface area contributed by atoms with Gasteiger partial charge in [-0.15, -0.1) is 0 Å². The number of carbonyl (C=O) groups is 2. The highest BCUT2D eigenvalue weighted by Crippen LogP contribution is 2.30. The summed E-state index contributed by atoms with van der Waals surface area (Å²) in [6.07, 6.45) is 0. The molecule has 21 heavy (non-hydrogen) atoms. The van der Waals surface area contributed by atoms with Crippen molar-refractivity contribution in [3.63, 3.8) is 0 Å². The Hall–Kier alpha value is -2.04. The number of anilines is 1. The monoisotopic (exact) mass is 290 g/mol. The van der Waals surface area contributed by atoms with E-state index in [-0.39, 0.29) is 6.03 Å². The van der Waals surface area contributed by atoms with Gasteiger partial charge in [-0.2, -0.15) is 0 Å². The Morgan fingerprint density at radius 1 is 1.29 bits per heavy atom. The summed E-state index contributed by atoms with van der Waals surface area (Å²) in [5, 5.41) is 0. The van der Waals surface area contributed by atoms with Gasteiger partial charge in [0.2, 0.25) is 0 Å². The number of benzene rings is 1. The lowest BCUT2D eigenvalue weighted by molar-refractivity contribution is -0.155. The predicted molar refractivity (Wildman–Crippen MR) is 81.1 cm³/mol. The van der Waals surface area contributed by atoms with E-state index in [1.54, 1.807) is 18.9 Å².